The van der Waals surface area contributed by atoms with Crippen LogP contribution in [0.4, 0.5) is 5.95 Å². The fourth-order valence-electron chi connectivity index (χ4n) is 3.06. The first-order valence-electron chi connectivity index (χ1n) is 7.59. The standard InChI is InChI=1S/C15H23N3O2/c1-10-2-4-11(5-3-10)13-8-14(18-15(16)17-13)20-12-6-7-19-9-12/h8,10-12H,2-7,9H2,1H3,(H2,16,17,18)/t10-,11-,12-/m1/s1. The molecule has 0 spiro atoms. The van der Waals surface area contributed by atoms with Crippen molar-refractivity contribution in [1.29, 1.82) is 0 Å². The van der Waals surface area contributed by atoms with E-state index in [-0.39, 0.29) is 6.10 Å². The van der Waals surface area contributed by atoms with E-state index < -0.39 is 0 Å². The molecule has 1 saturated carbocycles. The highest BCUT2D eigenvalue weighted by Gasteiger charge is 2.23. The van der Waals surface area contributed by atoms with Crippen LogP contribution in [0.2, 0.25) is 0 Å². The van der Waals surface area contributed by atoms with Crippen LogP contribution < -0.4 is 10.5 Å². The second-order valence-corrected chi connectivity index (χ2v) is 6.05. The monoisotopic (exact) mass is 277 g/mol. The number of anilines is 1. The van der Waals surface area contributed by atoms with Gasteiger partial charge in [0, 0.05) is 18.4 Å². The Bertz CT molecular complexity index is 452. The summed E-state index contributed by atoms with van der Waals surface area (Å²) in [6.07, 6.45) is 5.92. The molecule has 5 nitrogen and oxygen atoms in total. The Morgan fingerprint density at radius 3 is 2.70 bits per heavy atom. The van der Waals surface area contributed by atoms with Crippen LogP contribution in [0, 0.1) is 5.92 Å². The quantitative estimate of drug-likeness (QED) is 0.919. The molecule has 1 aliphatic heterocycles. The average Bonchev–Trinajstić information content (AvgIpc) is 2.91. The van der Waals surface area contributed by atoms with Crippen molar-refractivity contribution in [2.45, 2.75) is 51.0 Å². The number of nitrogens with two attached hydrogens (primary N) is 1. The van der Waals surface area contributed by atoms with Crippen molar-refractivity contribution >= 4 is 5.95 Å². The van der Waals surface area contributed by atoms with Gasteiger partial charge in [-0.3, -0.25) is 0 Å². The minimum absolute atomic E-state index is 0.100. The van der Waals surface area contributed by atoms with Crippen LogP contribution in [0.1, 0.15) is 50.6 Å². The molecule has 2 aliphatic rings. The Morgan fingerprint density at radius 1 is 1.20 bits per heavy atom. The molecule has 1 saturated heterocycles. The highest BCUT2D eigenvalue weighted by atomic mass is 16.5. The predicted octanol–water partition coefficient (Wildman–Crippen LogP) is 2.52. The molecule has 1 aromatic heterocycles. The topological polar surface area (TPSA) is 70.3 Å². The van der Waals surface area contributed by atoms with Gasteiger partial charge in [0.15, 0.2) is 0 Å². The molecular formula is C15H23N3O2. The average molecular weight is 277 g/mol. The molecule has 2 fully saturated rings. The lowest BCUT2D eigenvalue weighted by Gasteiger charge is -2.26. The lowest BCUT2D eigenvalue weighted by molar-refractivity contribution is 0.138. The zero-order valence-electron chi connectivity index (χ0n) is 12.0. The maximum atomic E-state index is 5.85. The first-order valence-corrected chi connectivity index (χ1v) is 7.59. The molecule has 5 heteroatoms. The largest absolute Gasteiger partial charge is 0.472 e. The van der Waals surface area contributed by atoms with Gasteiger partial charge in [-0.15, -0.1) is 0 Å². The number of hydrogen-bond acceptors (Lipinski definition) is 5. The van der Waals surface area contributed by atoms with E-state index in [2.05, 4.69) is 16.9 Å². The van der Waals surface area contributed by atoms with Crippen molar-refractivity contribution in [3.63, 3.8) is 0 Å². The fraction of sp³-hybridized carbons (Fsp3) is 0.733. The highest BCUT2D eigenvalue weighted by Crippen LogP contribution is 2.35. The van der Waals surface area contributed by atoms with Crippen LogP contribution in [0.3, 0.4) is 0 Å². The van der Waals surface area contributed by atoms with E-state index in [0.717, 1.165) is 24.6 Å². The molecule has 1 aliphatic carbocycles. The fourth-order valence-corrected chi connectivity index (χ4v) is 3.06. The second-order valence-electron chi connectivity index (χ2n) is 6.05. The Labute approximate surface area is 119 Å². The van der Waals surface area contributed by atoms with Gasteiger partial charge in [0.05, 0.1) is 18.9 Å². The zero-order valence-corrected chi connectivity index (χ0v) is 12.0. The third-order valence-corrected chi connectivity index (χ3v) is 4.35. The molecule has 110 valence electrons. The summed E-state index contributed by atoms with van der Waals surface area (Å²) in [6, 6.07) is 1.97. The maximum absolute atomic E-state index is 5.85. The molecule has 0 aromatic carbocycles. The molecule has 0 unspecified atom stereocenters. The normalized spacial score (nSPS) is 30.4. The van der Waals surface area contributed by atoms with Gasteiger partial charge in [-0.05, 0) is 18.8 Å². The third-order valence-electron chi connectivity index (χ3n) is 4.35. The Balaban J connectivity index is 1.72. The number of hydrogen-bond donors (Lipinski definition) is 1. The van der Waals surface area contributed by atoms with Gasteiger partial charge in [0.25, 0.3) is 0 Å². The molecule has 1 atom stereocenters. The van der Waals surface area contributed by atoms with Gasteiger partial charge in [-0.2, -0.15) is 4.98 Å². The molecule has 0 bridgehead atoms. The van der Waals surface area contributed by atoms with Crippen molar-refractivity contribution in [1.82, 2.24) is 9.97 Å². The van der Waals surface area contributed by atoms with Crippen LogP contribution in [0.5, 0.6) is 5.88 Å². The van der Waals surface area contributed by atoms with E-state index in [1.54, 1.807) is 0 Å². The van der Waals surface area contributed by atoms with Crippen LogP contribution in [0.25, 0.3) is 0 Å². The van der Waals surface area contributed by atoms with Crippen LogP contribution in [0.15, 0.2) is 6.07 Å². The third kappa shape index (κ3) is 3.20. The van der Waals surface area contributed by atoms with E-state index >= 15 is 0 Å². The van der Waals surface area contributed by atoms with Crippen molar-refractivity contribution < 1.29 is 9.47 Å². The summed E-state index contributed by atoms with van der Waals surface area (Å²) < 4.78 is 11.2. The first kappa shape index (κ1) is 13.6. The minimum atomic E-state index is 0.100. The summed E-state index contributed by atoms with van der Waals surface area (Å²) in [5, 5.41) is 0. The van der Waals surface area contributed by atoms with Crippen molar-refractivity contribution in [3.05, 3.63) is 11.8 Å². The molecule has 2 N–H and O–H groups in total. The SMILES string of the molecule is C[C@H]1CC[C@H](c2cc(O[C@@H]3CCOC3)nc(N)n2)CC1. The van der Waals surface area contributed by atoms with Crippen LogP contribution in [-0.4, -0.2) is 29.3 Å². The Hall–Kier alpha value is -1.36. The van der Waals surface area contributed by atoms with Gasteiger partial charge >= 0.3 is 0 Å². The molecule has 0 amide bonds. The number of nitrogen functional groups attached to an aromatic ring is 1. The summed E-state index contributed by atoms with van der Waals surface area (Å²) in [5.74, 6) is 2.24. The molecule has 2 heterocycles. The summed E-state index contributed by atoms with van der Waals surface area (Å²) in [7, 11) is 0. The van der Waals surface area contributed by atoms with E-state index in [4.69, 9.17) is 15.2 Å². The van der Waals surface area contributed by atoms with Gasteiger partial charge in [-0.1, -0.05) is 19.8 Å². The smallest absolute Gasteiger partial charge is 0.223 e. The van der Waals surface area contributed by atoms with Crippen molar-refractivity contribution in [3.8, 4) is 5.88 Å². The van der Waals surface area contributed by atoms with Gasteiger partial charge in [0.2, 0.25) is 11.8 Å². The minimum Gasteiger partial charge on any atom is -0.472 e. The summed E-state index contributed by atoms with van der Waals surface area (Å²) >= 11 is 0. The summed E-state index contributed by atoms with van der Waals surface area (Å²) in [4.78, 5) is 8.61. The molecule has 1 aromatic rings. The van der Waals surface area contributed by atoms with Crippen molar-refractivity contribution in [2.75, 3.05) is 18.9 Å². The summed E-state index contributed by atoms with van der Waals surface area (Å²) in [5.41, 5.74) is 6.87. The van der Waals surface area contributed by atoms with Gasteiger partial charge < -0.3 is 15.2 Å². The predicted molar refractivity (Wildman–Crippen MR) is 76.7 cm³/mol. The molecule has 0 radical (unpaired) electrons. The second kappa shape index (κ2) is 5.95. The maximum Gasteiger partial charge on any atom is 0.223 e. The van der Waals surface area contributed by atoms with E-state index in [1.807, 2.05) is 6.07 Å². The van der Waals surface area contributed by atoms with Gasteiger partial charge in [0.1, 0.15) is 6.10 Å². The number of nitrogens with zero attached hydrogens (tertiary/aromatic N) is 2. The van der Waals surface area contributed by atoms with E-state index in [0.29, 0.717) is 24.4 Å². The van der Waals surface area contributed by atoms with Crippen LogP contribution >= 0.6 is 0 Å². The van der Waals surface area contributed by atoms with E-state index in [1.165, 1.54) is 25.7 Å². The Morgan fingerprint density at radius 2 is 2.00 bits per heavy atom. The van der Waals surface area contributed by atoms with Crippen molar-refractivity contribution in [2.24, 2.45) is 5.92 Å². The van der Waals surface area contributed by atoms with E-state index in [9.17, 15) is 0 Å². The lowest BCUT2D eigenvalue weighted by atomic mass is 9.81. The number of aromatic nitrogens is 2. The zero-order chi connectivity index (χ0) is 13.9. The molecule has 3 rings (SSSR count). The molecule has 20 heavy (non-hydrogen) atoms. The Kier molecular flexibility index (Phi) is 4.05. The van der Waals surface area contributed by atoms with Crippen LogP contribution in [-0.2, 0) is 4.74 Å². The number of rotatable bonds is 3. The summed E-state index contributed by atoms with van der Waals surface area (Å²) in [6.45, 7) is 3.72. The first-order chi connectivity index (χ1) is 9.70. The highest BCUT2D eigenvalue weighted by molar-refractivity contribution is 5.28. The number of ether oxygens (including phenoxy) is 2. The van der Waals surface area contributed by atoms with Gasteiger partial charge in [-0.25, -0.2) is 4.98 Å². The lowest BCUT2D eigenvalue weighted by Crippen LogP contribution is -2.18. The molecular weight excluding hydrogens is 254 g/mol.